The summed E-state index contributed by atoms with van der Waals surface area (Å²) in [7, 11) is 0. The fourth-order valence-electron chi connectivity index (χ4n) is 3.41. The Morgan fingerprint density at radius 2 is 2.03 bits per heavy atom. The lowest BCUT2D eigenvalue weighted by Crippen LogP contribution is -2.20. The van der Waals surface area contributed by atoms with Gasteiger partial charge in [0.25, 0.3) is 5.91 Å². The molecular formula is C24H31F3N2O3S. The molecule has 1 atom stereocenters. The molecule has 5 nitrogen and oxygen atoms in total. The van der Waals surface area contributed by atoms with Gasteiger partial charge in [0.05, 0.1) is 24.3 Å². The van der Waals surface area contributed by atoms with Gasteiger partial charge in [0, 0.05) is 30.1 Å². The van der Waals surface area contributed by atoms with Gasteiger partial charge in [-0.3, -0.25) is 4.79 Å². The molecule has 0 aliphatic carbocycles. The van der Waals surface area contributed by atoms with Gasteiger partial charge in [-0.1, -0.05) is 34.6 Å². The molecule has 1 aliphatic heterocycles. The van der Waals surface area contributed by atoms with Crippen LogP contribution in [-0.2, 0) is 22.9 Å². The van der Waals surface area contributed by atoms with Crippen molar-refractivity contribution in [2.24, 2.45) is 16.8 Å². The zero-order chi connectivity index (χ0) is 24.4. The molecule has 1 unspecified atom stereocenters. The van der Waals surface area contributed by atoms with Crippen LogP contribution in [0.1, 0.15) is 61.8 Å². The third-order valence-electron chi connectivity index (χ3n) is 5.25. The molecule has 3 rings (SSSR count). The molecule has 1 amide bonds. The van der Waals surface area contributed by atoms with E-state index >= 15 is 0 Å². The molecule has 33 heavy (non-hydrogen) atoms. The SMILES string of the molecule is CC(C)Cn1cc(C(C)(C)C)s/c1=N\C(=O)c1cc(C(F)(F)F)ccc1OCC1CCOC1. The van der Waals surface area contributed by atoms with E-state index in [9.17, 15) is 18.0 Å². The molecule has 182 valence electrons. The van der Waals surface area contributed by atoms with Crippen molar-refractivity contribution in [1.29, 1.82) is 0 Å². The van der Waals surface area contributed by atoms with E-state index in [-0.39, 0.29) is 29.3 Å². The van der Waals surface area contributed by atoms with Gasteiger partial charge in [-0.25, -0.2) is 0 Å². The molecule has 0 N–H and O–H groups in total. The molecule has 0 radical (unpaired) electrons. The second-order valence-corrected chi connectivity index (χ2v) is 10.8. The maximum absolute atomic E-state index is 13.4. The minimum Gasteiger partial charge on any atom is -0.492 e. The number of aromatic nitrogens is 1. The molecule has 2 heterocycles. The second kappa shape index (κ2) is 10.0. The summed E-state index contributed by atoms with van der Waals surface area (Å²) in [5.41, 5.74) is -1.24. The Hall–Kier alpha value is -2.13. The maximum Gasteiger partial charge on any atom is 0.416 e. The van der Waals surface area contributed by atoms with Crippen LogP contribution in [0.4, 0.5) is 13.2 Å². The highest BCUT2D eigenvalue weighted by Gasteiger charge is 2.32. The highest BCUT2D eigenvalue weighted by molar-refractivity contribution is 7.09. The summed E-state index contributed by atoms with van der Waals surface area (Å²) in [6.07, 6.45) is -1.79. The van der Waals surface area contributed by atoms with E-state index in [1.165, 1.54) is 17.4 Å². The van der Waals surface area contributed by atoms with Gasteiger partial charge in [0.1, 0.15) is 5.75 Å². The number of halogens is 3. The molecule has 1 aromatic carbocycles. The Morgan fingerprint density at radius 1 is 1.30 bits per heavy atom. The Kier molecular flexibility index (Phi) is 7.73. The third kappa shape index (κ3) is 6.69. The van der Waals surface area contributed by atoms with Gasteiger partial charge >= 0.3 is 6.18 Å². The zero-order valence-electron chi connectivity index (χ0n) is 19.7. The number of benzene rings is 1. The number of hydrogen-bond donors (Lipinski definition) is 0. The standard InChI is InChI=1S/C24H31F3N2O3S/c1-15(2)11-29-12-20(23(3,4)5)33-22(29)28-21(30)18-10-17(24(25,26)27)6-7-19(18)32-14-16-8-9-31-13-16/h6-7,10,12,15-16H,8-9,11,13-14H2,1-5H3/b28-22-. The fraction of sp³-hybridized carbons (Fsp3) is 0.583. The summed E-state index contributed by atoms with van der Waals surface area (Å²) < 4.78 is 53.1. The van der Waals surface area contributed by atoms with Crippen LogP contribution in [0.15, 0.2) is 29.4 Å². The molecule has 0 saturated carbocycles. The summed E-state index contributed by atoms with van der Waals surface area (Å²) in [5.74, 6) is -0.195. The van der Waals surface area contributed by atoms with Crippen molar-refractivity contribution >= 4 is 17.2 Å². The number of amides is 1. The van der Waals surface area contributed by atoms with Gasteiger partial charge in [0.2, 0.25) is 0 Å². The smallest absolute Gasteiger partial charge is 0.416 e. The fourth-order valence-corrected chi connectivity index (χ4v) is 4.46. The second-order valence-electron chi connectivity index (χ2n) is 9.84. The molecular weight excluding hydrogens is 453 g/mol. The minimum atomic E-state index is -4.58. The lowest BCUT2D eigenvalue weighted by Gasteiger charge is -2.15. The average Bonchev–Trinajstić information content (AvgIpc) is 3.35. The normalized spacial score (nSPS) is 17.7. The first-order valence-corrected chi connectivity index (χ1v) is 11.9. The Balaban J connectivity index is 2.02. The number of hydrogen-bond acceptors (Lipinski definition) is 4. The van der Waals surface area contributed by atoms with Crippen LogP contribution in [-0.4, -0.2) is 30.3 Å². The highest BCUT2D eigenvalue weighted by Crippen LogP contribution is 2.33. The van der Waals surface area contributed by atoms with Crippen LogP contribution in [0, 0.1) is 11.8 Å². The van der Waals surface area contributed by atoms with E-state index in [4.69, 9.17) is 9.47 Å². The van der Waals surface area contributed by atoms with Gasteiger partial charge in [0.15, 0.2) is 4.80 Å². The number of rotatable bonds is 6. The van der Waals surface area contributed by atoms with Crippen LogP contribution in [0.25, 0.3) is 0 Å². The summed E-state index contributed by atoms with van der Waals surface area (Å²) in [5, 5.41) is 0. The van der Waals surface area contributed by atoms with Crippen molar-refractivity contribution in [3.63, 3.8) is 0 Å². The summed E-state index contributed by atoms with van der Waals surface area (Å²) in [6, 6.07) is 2.97. The largest absolute Gasteiger partial charge is 0.492 e. The van der Waals surface area contributed by atoms with Gasteiger partial charge in [-0.2, -0.15) is 18.2 Å². The lowest BCUT2D eigenvalue weighted by atomic mass is 9.95. The monoisotopic (exact) mass is 484 g/mol. The third-order valence-corrected chi connectivity index (χ3v) is 6.70. The molecule has 2 aromatic rings. The minimum absolute atomic E-state index is 0.103. The van der Waals surface area contributed by atoms with Crippen LogP contribution >= 0.6 is 11.3 Å². The van der Waals surface area contributed by atoms with E-state index in [0.29, 0.717) is 30.5 Å². The van der Waals surface area contributed by atoms with E-state index in [0.717, 1.165) is 23.4 Å². The molecule has 1 fully saturated rings. The predicted molar refractivity (Wildman–Crippen MR) is 122 cm³/mol. The number of ether oxygens (including phenoxy) is 2. The quantitative estimate of drug-likeness (QED) is 0.530. The molecule has 1 aromatic heterocycles. The molecule has 0 bridgehead atoms. The molecule has 9 heteroatoms. The van der Waals surface area contributed by atoms with E-state index < -0.39 is 17.6 Å². The maximum atomic E-state index is 13.4. The summed E-state index contributed by atoms with van der Waals surface area (Å²) >= 11 is 1.38. The van der Waals surface area contributed by atoms with Crippen LogP contribution in [0.5, 0.6) is 5.75 Å². The summed E-state index contributed by atoms with van der Waals surface area (Å²) in [6.45, 7) is 12.4. The topological polar surface area (TPSA) is 52.8 Å². The number of carbonyl (C=O) groups is 1. The average molecular weight is 485 g/mol. The van der Waals surface area contributed by atoms with Crippen molar-refractivity contribution in [2.45, 2.75) is 59.2 Å². The van der Waals surface area contributed by atoms with Crippen LogP contribution in [0.3, 0.4) is 0 Å². The van der Waals surface area contributed by atoms with Crippen LogP contribution < -0.4 is 9.54 Å². The number of carbonyl (C=O) groups excluding carboxylic acids is 1. The Bertz CT molecular complexity index is 1040. The number of thiazole rings is 1. The van der Waals surface area contributed by atoms with Gasteiger partial charge in [-0.15, -0.1) is 11.3 Å². The first-order chi connectivity index (χ1) is 15.3. The predicted octanol–water partition coefficient (Wildman–Crippen LogP) is 5.68. The van der Waals surface area contributed by atoms with E-state index in [1.54, 1.807) is 0 Å². The molecule has 1 aliphatic rings. The lowest BCUT2D eigenvalue weighted by molar-refractivity contribution is -0.137. The Morgan fingerprint density at radius 3 is 2.61 bits per heavy atom. The molecule has 0 spiro atoms. The van der Waals surface area contributed by atoms with Crippen LogP contribution in [0.2, 0.25) is 0 Å². The Labute approximate surface area is 196 Å². The first-order valence-electron chi connectivity index (χ1n) is 11.1. The van der Waals surface area contributed by atoms with Crippen molar-refractivity contribution in [2.75, 3.05) is 19.8 Å². The van der Waals surface area contributed by atoms with Crippen molar-refractivity contribution in [3.8, 4) is 5.75 Å². The van der Waals surface area contributed by atoms with Crippen molar-refractivity contribution in [3.05, 3.63) is 45.2 Å². The number of nitrogens with zero attached hydrogens (tertiary/aromatic N) is 2. The summed E-state index contributed by atoms with van der Waals surface area (Å²) in [4.78, 5) is 18.9. The highest BCUT2D eigenvalue weighted by atomic mass is 32.1. The first kappa shape index (κ1) is 25.5. The van der Waals surface area contributed by atoms with E-state index in [2.05, 4.69) is 39.6 Å². The molecule has 1 saturated heterocycles. The van der Waals surface area contributed by atoms with Gasteiger partial charge < -0.3 is 14.0 Å². The van der Waals surface area contributed by atoms with Crippen molar-refractivity contribution in [1.82, 2.24) is 4.57 Å². The van der Waals surface area contributed by atoms with Crippen molar-refractivity contribution < 1.29 is 27.4 Å². The van der Waals surface area contributed by atoms with Gasteiger partial charge in [-0.05, 0) is 36.0 Å². The zero-order valence-corrected chi connectivity index (χ0v) is 20.5. The van der Waals surface area contributed by atoms with E-state index in [1.807, 2.05) is 10.8 Å². The number of alkyl halides is 3.